The third-order valence-electron chi connectivity index (χ3n) is 2.55. The predicted octanol–water partition coefficient (Wildman–Crippen LogP) is 2.80. The van der Waals surface area contributed by atoms with Crippen molar-refractivity contribution in [1.82, 2.24) is 14.9 Å². The van der Waals surface area contributed by atoms with Crippen molar-refractivity contribution in [2.24, 2.45) is 0 Å². The summed E-state index contributed by atoms with van der Waals surface area (Å²) in [5.74, 6) is 0. The van der Waals surface area contributed by atoms with Crippen molar-refractivity contribution in [1.29, 1.82) is 0 Å². The SMILES string of the molecule is CCCNCc1ccn(Cc2nc(C)cs2)c1. The Kier molecular flexibility index (Phi) is 4.34. The summed E-state index contributed by atoms with van der Waals surface area (Å²) in [6.07, 6.45) is 5.50. The number of hydrogen-bond acceptors (Lipinski definition) is 3. The van der Waals surface area contributed by atoms with Crippen LogP contribution in [0.5, 0.6) is 0 Å². The minimum Gasteiger partial charge on any atom is -0.347 e. The first kappa shape index (κ1) is 12.3. The van der Waals surface area contributed by atoms with Gasteiger partial charge in [0.05, 0.1) is 6.54 Å². The fourth-order valence-corrected chi connectivity index (χ4v) is 2.51. The van der Waals surface area contributed by atoms with Gasteiger partial charge in [0.15, 0.2) is 0 Å². The molecule has 0 atom stereocenters. The Morgan fingerprint density at radius 1 is 1.47 bits per heavy atom. The van der Waals surface area contributed by atoms with E-state index in [4.69, 9.17) is 0 Å². The highest BCUT2D eigenvalue weighted by atomic mass is 32.1. The first-order valence-electron chi connectivity index (χ1n) is 6.04. The number of aryl methyl sites for hydroxylation is 1. The number of rotatable bonds is 6. The standard InChI is InChI=1S/C13H19N3S/c1-3-5-14-7-12-4-6-16(8-12)9-13-15-11(2)10-17-13/h4,6,8,10,14H,3,5,7,9H2,1-2H3. The van der Waals surface area contributed by atoms with Crippen LogP contribution in [-0.4, -0.2) is 16.1 Å². The molecule has 0 aliphatic rings. The van der Waals surface area contributed by atoms with E-state index in [-0.39, 0.29) is 0 Å². The van der Waals surface area contributed by atoms with Gasteiger partial charge in [-0.15, -0.1) is 11.3 Å². The number of aromatic nitrogens is 2. The maximum absolute atomic E-state index is 4.47. The Hall–Kier alpha value is -1.13. The molecule has 0 saturated heterocycles. The summed E-state index contributed by atoms with van der Waals surface area (Å²) in [4.78, 5) is 4.47. The van der Waals surface area contributed by atoms with Crippen LogP contribution in [0.1, 0.15) is 29.6 Å². The summed E-state index contributed by atoms with van der Waals surface area (Å²) in [6.45, 7) is 7.14. The lowest BCUT2D eigenvalue weighted by molar-refractivity contribution is 0.673. The van der Waals surface area contributed by atoms with Crippen LogP contribution >= 0.6 is 11.3 Å². The molecule has 0 aliphatic carbocycles. The second kappa shape index (κ2) is 5.98. The quantitative estimate of drug-likeness (QED) is 0.798. The third kappa shape index (κ3) is 3.68. The number of nitrogens with zero attached hydrogens (tertiary/aromatic N) is 2. The Bertz CT molecular complexity index is 459. The summed E-state index contributed by atoms with van der Waals surface area (Å²) in [6, 6.07) is 2.17. The average Bonchev–Trinajstić information content (AvgIpc) is 2.90. The molecule has 0 radical (unpaired) electrons. The lowest BCUT2D eigenvalue weighted by Gasteiger charge is -2.00. The van der Waals surface area contributed by atoms with E-state index in [1.165, 1.54) is 17.0 Å². The van der Waals surface area contributed by atoms with Gasteiger partial charge in [-0.1, -0.05) is 6.92 Å². The summed E-state index contributed by atoms with van der Waals surface area (Å²) in [7, 11) is 0. The Balaban J connectivity index is 1.89. The third-order valence-corrected chi connectivity index (χ3v) is 3.50. The van der Waals surface area contributed by atoms with E-state index in [0.717, 1.165) is 25.3 Å². The molecular formula is C13H19N3S. The topological polar surface area (TPSA) is 29.9 Å². The fourth-order valence-electron chi connectivity index (χ4n) is 1.73. The highest BCUT2D eigenvalue weighted by Gasteiger charge is 2.01. The van der Waals surface area contributed by atoms with E-state index < -0.39 is 0 Å². The molecule has 0 spiro atoms. The van der Waals surface area contributed by atoms with E-state index in [9.17, 15) is 0 Å². The van der Waals surface area contributed by atoms with Crippen molar-refractivity contribution in [2.45, 2.75) is 33.4 Å². The van der Waals surface area contributed by atoms with Crippen LogP contribution in [0.25, 0.3) is 0 Å². The monoisotopic (exact) mass is 249 g/mol. The summed E-state index contributed by atoms with van der Waals surface area (Å²) >= 11 is 1.73. The van der Waals surface area contributed by atoms with E-state index >= 15 is 0 Å². The number of nitrogens with one attached hydrogen (secondary N) is 1. The highest BCUT2D eigenvalue weighted by molar-refractivity contribution is 7.09. The molecule has 0 fully saturated rings. The van der Waals surface area contributed by atoms with Crippen LogP contribution in [0.3, 0.4) is 0 Å². The molecule has 0 aliphatic heterocycles. The fraction of sp³-hybridized carbons (Fsp3) is 0.462. The van der Waals surface area contributed by atoms with Crippen molar-refractivity contribution < 1.29 is 0 Å². The Morgan fingerprint density at radius 3 is 3.06 bits per heavy atom. The molecule has 2 rings (SSSR count). The maximum atomic E-state index is 4.47. The normalized spacial score (nSPS) is 10.9. The summed E-state index contributed by atoms with van der Waals surface area (Å²) < 4.78 is 2.20. The number of thiazole rings is 1. The molecule has 2 aromatic rings. The van der Waals surface area contributed by atoms with Crippen molar-refractivity contribution in [3.63, 3.8) is 0 Å². The highest BCUT2D eigenvalue weighted by Crippen LogP contribution is 2.11. The van der Waals surface area contributed by atoms with E-state index in [2.05, 4.69) is 45.6 Å². The van der Waals surface area contributed by atoms with E-state index in [1.807, 2.05) is 6.92 Å². The molecule has 0 amide bonds. The van der Waals surface area contributed by atoms with Crippen LogP contribution in [0, 0.1) is 6.92 Å². The summed E-state index contributed by atoms with van der Waals surface area (Å²) in [5, 5.41) is 6.68. The molecule has 2 aromatic heterocycles. The zero-order chi connectivity index (χ0) is 12.1. The van der Waals surface area contributed by atoms with Gasteiger partial charge >= 0.3 is 0 Å². The van der Waals surface area contributed by atoms with E-state index in [0.29, 0.717) is 0 Å². The molecule has 0 bridgehead atoms. The van der Waals surface area contributed by atoms with Gasteiger partial charge in [0.1, 0.15) is 5.01 Å². The second-order valence-corrected chi connectivity index (χ2v) is 5.19. The summed E-state index contributed by atoms with van der Waals surface area (Å²) in [5.41, 5.74) is 2.45. The Labute approximate surface area is 107 Å². The van der Waals surface area contributed by atoms with Crippen molar-refractivity contribution in [3.05, 3.63) is 40.1 Å². The van der Waals surface area contributed by atoms with Gasteiger partial charge in [-0.05, 0) is 31.5 Å². The largest absolute Gasteiger partial charge is 0.347 e. The lowest BCUT2D eigenvalue weighted by Crippen LogP contribution is -2.13. The Morgan fingerprint density at radius 2 is 2.35 bits per heavy atom. The van der Waals surface area contributed by atoms with Gasteiger partial charge in [-0.3, -0.25) is 0 Å². The zero-order valence-electron chi connectivity index (χ0n) is 10.4. The van der Waals surface area contributed by atoms with Crippen LogP contribution < -0.4 is 5.32 Å². The van der Waals surface area contributed by atoms with Gasteiger partial charge in [-0.2, -0.15) is 0 Å². The smallest absolute Gasteiger partial charge is 0.113 e. The van der Waals surface area contributed by atoms with Crippen molar-refractivity contribution in [3.8, 4) is 0 Å². The van der Waals surface area contributed by atoms with Crippen molar-refractivity contribution in [2.75, 3.05) is 6.54 Å². The van der Waals surface area contributed by atoms with Crippen LogP contribution in [-0.2, 0) is 13.1 Å². The molecule has 2 heterocycles. The zero-order valence-corrected chi connectivity index (χ0v) is 11.3. The van der Waals surface area contributed by atoms with Crippen LogP contribution in [0.15, 0.2) is 23.8 Å². The molecule has 0 aromatic carbocycles. The van der Waals surface area contributed by atoms with E-state index in [1.54, 1.807) is 11.3 Å². The molecule has 92 valence electrons. The van der Waals surface area contributed by atoms with Crippen LogP contribution in [0.4, 0.5) is 0 Å². The molecule has 1 N–H and O–H groups in total. The van der Waals surface area contributed by atoms with Gasteiger partial charge in [0.25, 0.3) is 0 Å². The first-order valence-corrected chi connectivity index (χ1v) is 6.92. The average molecular weight is 249 g/mol. The molecule has 4 heteroatoms. The van der Waals surface area contributed by atoms with Gasteiger partial charge in [0, 0.05) is 30.0 Å². The van der Waals surface area contributed by atoms with Gasteiger partial charge in [-0.25, -0.2) is 4.98 Å². The first-order chi connectivity index (χ1) is 8.28. The predicted molar refractivity (Wildman–Crippen MR) is 72.4 cm³/mol. The van der Waals surface area contributed by atoms with Gasteiger partial charge < -0.3 is 9.88 Å². The van der Waals surface area contributed by atoms with Crippen molar-refractivity contribution >= 4 is 11.3 Å². The molecule has 3 nitrogen and oxygen atoms in total. The number of hydrogen-bond donors (Lipinski definition) is 1. The van der Waals surface area contributed by atoms with Gasteiger partial charge in [0.2, 0.25) is 0 Å². The molecule has 0 saturated carbocycles. The van der Waals surface area contributed by atoms with Crippen LogP contribution in [0.2, 0.25) is 0 Å². The maximum Gasteiger partial charge on any atom is 0.113 e. The minimum absolute atomic E-state index is 0.881. The molecule has 0 unspecified atom stereocenters. The lowest BCUT2D eigenvalue weighted by atomic mass is 10.3. The molecular weight excluding hydrogens is 230 g/mol. The second-order valence-electron chi connectivity index (χ2n) is 4.25. The minimum atomic E-state index is 0.881. The molecule has 17 heavy (non-hydrogen) atoms.